The van der Waals surface area contributed by atoms with Crippen LogP contribution in [0.2, 0.25) is 0 Å². The number of H-pyrrole nitrogens is 1. The number of hydrogen-bond acceptors (Lipinski definition) is 3. The fourth-order valence-electron chi connectivity index (χ4n) is 1.28. The molecule has 0 amide bonds. The number of benzene rings is 1. The number of alkyl halides is 1. The van der Waals surface area contributed by atoms with E-state index in [0.717, 1.165) is 5.56 Å². The molecule has 1 aromatic heterocycles. The lowest BCUT2D eigenvalue weighted by Gasteiger charge is -2.06. The maximum Gasteiger partial charge on any atom is 0.417 e. The number of nitrogens with one attached hydrogen (secondary N) is 1. The number of nitrogens with two attached hydrogens (primary N) is 1. The van der Waals surface area contributed by atoms with Crippen molar-refractivity contribution in [2.75, 3.05) is 5.88 Å². The summed E-state index contributed by atoms with van der Waals surface area (Å²) >= 11 is 5.62. The minimum atomic E-state index is -0.461. The first-order valence-corrected chi connectivity index (χ1v) is 4.68. The Labute approximate surface area is 84.7 Å². The fraction of sp³-hybridized carbons (Fsp3) is 0.222. The Bertz CT molecular complexity index is 503. The van der Waals surface area contributed by atoms with E-state index in [1.54, 1.807) is 12.1 Å². The quantitative estimate of drug-likeness (QED) is 0.739. The topological polar surface area (TPSA) is 72.0 Å². The molecule has 74 valence electrons. The van der Waals surface area contributed by atoms with E-state index in [2.05, 4.69) is 4.98 Å². The van der Waals surface area contributed by atoms with Crippen LogP contribution >= 0.6 is 11.6 Å². The average Bonchev–Trinajstić information content (AvgIpc) is 2.55. The smallest absolute Gasteiger partial charge is 0.408 e. The van der Waals surface area contributed by atoms with Crippen molar-refractivity contribution in [3.63, 3.8) is 0 Å². The Morgan fingerprint density at radius 1 is 1.57 bits per heavy atom. The van der Waals surface area contributed by atoms with Crippen molar-refractivity contribution in [1.82, 2.24) is 4.98 Å². The average molecular weight is 213 g/mol. The van der Waals surface area contributed by atoms with Gasteiger partial charge in [0.25, 0.3) is 0 Å². The molecule has 0 aliphatic carbocycles. The van der Waals surface area contributed by atoms with Gasteiger partial charge in [0.15, 0.2) is 5.58 Å². The number of aromatic nitrogens is 1. The monoisotopic (exact) mass is 212 g/mol. The molecular formula is C9H9ClN2O2. The highest BCUT2D eigenvalue weighted by atomic mass is 35.5. The minimum absolute atomic E-state index is 0.235. The van der Waals surface area contributed by atoms with Gasteiger partial charge >= 0.3 is 5.76 Å². The Morgan fingerprint density at radius 3 is 3.07 bits per heavy atom. The molecule has 5 heteroatoms. The Morgan fingerprint density at radius 2 is 2.36 bits per heavy atom. The maximum atomic E-state index is 10.9. The van der Waals surface area contributed by atoms with Crippen molar-refractivity contribution in [3.8, 4) is 0 Å². The second-order valence-electron chi connectivity index (χ2n) is 3.03. The van der Waals surface area contributed by atoms with Crippen LogP contribution in [0, 0.1) is 0 Å². The summed E-state index contributed by atoms with van der Waals surface area (Å²) in [5.74, 6) is -0.128. The summed E-state index contributed by atoms with van der Waals surface area (Å²) in [5, 5.41) is 0. The van der Waals surface area contributed by atoms with Gasteiger partial charge in [-0.05, 0) is 17.7 Å². The van der Waals surface area contributed by atoms with Crippen LogP contribution in [0.5, 0.6) is 0 Å². The standard InChI is InChI=1S/C9H9ClN2O2/c10-4-6(11)5-1-2-7-8(3-5)14-9(13)12-7/h1-3,6H,4,11H2,(H,12,13). The molecule has 1 aromatic carbocycles. The van der Waals surface area contributed by atoms with Crippen LogP contribution in [0.3, 0.4) is 0 Å². The van der Waals surface area contributed by atoms with E-state index in [-0.39, 0.29) is 6.04 Å². The molecular weight excluding hydrogens is 204 g/mol. The molecule has 1 atom stereocenters. The lowest BCUT2D eigenvalue weighted by molar-refractivity contribution is 0.554. The van der Waals surface area contributed by atoms with Crippen molar-refractivity contribution in [3.05, 3.63) is 34.3 Å². The van der Waals surface area contributed by atoms with E-state index in [9.17, 15) is 4.79 Å². The van der Waals surface area contributed by atoms with Crippen LogP contribution < -0.4 is 11.5 Å². The zero-order valence-electron chi connectivity index (χ0n) is 7.29. The van der Waals surface area contributed by atoms with Gasteiger partial charge in [-0.2, -0.15) is 0 Å². The SMILES string of the molecule is NC(CCl)c1ccc2[nH]c(=O)oc2c1. The second-order valence-corrected chi connectivity index (χ2v) is 3.34. The van der Waals surface area contributed by atoms with Gasteiger partial charge in [-0.1, -0.05) is 6.07 Å². The Kier molecular flexibility index (Phi) is 2.31. The number of oxazole rings is 1. The molecule has 4 nitrogen and oxygen atoms in total. The van der Waals surface area contributed by atoms with Crippen LogP contribution in [-0.2, 0) is 0 Å². The highest BCUT2D eigenvalue weighted by Gasteiger charge is 2.07. The van der Waals surface area contributed by atoms with Crippen LogP contribution in [-0.4, -0.2) is 10.9 Å². The predicted molar refractivity (Wildman–Crippen MR) is 54.5 cm³/mol. The van der Waals surface area contributed by atoms with Crippen molar-refractivity contribution in [2.45, 2.75) is 6.04 Å². The first-order chi connectivity index (χ1) is 6.70. The Hall–Kier alpha value is -1.26. The third-order valence-corrected chi connectivity index (χ3v) is 2.37. The normalized spacial score (nSPS) is 13.3. The third-order valence-electron chi connectivity index (χ3n) is 2.04. The van der Waals surface area contributed by atoms with Gasteiger partial charge in [0.05, 0.1) is 5.52 Å². The van der Waals surface area contributed by atoms with Crippen molar-refractivity contribution >= 4 is 22.7 Å². The summed E-state index contributed by atoms with van der Waals surface area (Å²) in [6.45, 7) is 0. The number of rotatable bonds is 2. The first-order valence-electron chi connectivity index (χ1n) is 4.15. The number of hydrogen-bond donors (Lipinski definition) is 2. The highest BCUT2D eigenvalue weighted by Crippen LogP contribution is 2.17. The molecule has 0 radical (unpaired) electrons. The number of fused-ring (bicyclic) bond motifs is 1. The molecule has 1 heterocycles. The van der Waals surface area contributed by atoms with Gasteiger partial charge in [-0.3, -0.25) is 4.98 Å². The van der Waals surface area contributed by atoms with E-state index in [4.69, 9.17) is 21.8 Å². The van der Waals surface area contributed by atoms with Crippen LogP contribution in [0.4, 0.5) is 0 Å². The number of halogens is 1. The molecule has 2 rings (SSSR count). The molecule has 0 bridgehead atoms. The maximum absolute atomic E-state index is 10.9. The molecule has 0 saturated heterocycles. The second kappa shape index (κ2) is 3.48. The largest absolute Gasteiger partial charge is 0.417 e. The summed E-state index contributed by atoms with van der Waals surface area (Å²) in [7, 11) is 0. The number of aromatic amines is 1. The van der Waals surface area contributed by atoms with E-state index in [0.29, 0.717) is 17.0 Å². The van der Waals surface area contributed by atoms with Gasteiger partial charge in [-0.15, -0.1) is 11.6 Å². The summed E-state index contributed by atoms with van der Waals surface area (Å²) < 4.78 is 4.89. The van der Waals surface area contributed by atoms with E-state index >= 15 is 0 Å². The Balaban J connectivity index is 2.55. The molecule has 2 aromatic rings. The lowest BCUT2D eigenvalue weighted by Crippen LogP contribution is -2.11. The predicted octanol–water partition coefficient (Wildman–Crippen LogP) is 1.36. The van der Waals surface area contributed by atoms with Gasteiger partial charge < -0.3 is 10.2 Å². The van der Waals surface area contributed by atoms with E-state index in [1.807, 2.05) is 6.07 Å². The molecule has 0 fully saturated rings. The molecule has 1 unspecified atom stereocenters. The van der Waals surface area contributed by atoms with E-state index in [1.165, 1.54) is 0 Å². The van der Waals surface area contributed by atoms with Crippen LogP contribution in [0.25, 0.3) is 11.1 Å². The fourth-order valence-corrected chi connectivity index (χ4v) is 1.46. The zero-order chi connectivity index (χ0) is 10.1. The van der Waals surface area contributed by atoms with Crippen LogP contribution in [0.1, 0.15) is 11.6 Å². The minimum Gasteiger partial charge on any atom is -0.408 e. The molecule has 0 aliphatic rings. The highest BCUT2D eigenvalue weighted by molar-refractivity contribution is 6.18. The van der Waals surface area contributed by atoms with Crippen molar-refractivity contribution in [1.29, 1.82) is 0 Å². The van der Waals surface area contributed by atoms with Crippen molar-refractivity contribution < 1.29 is 4.42 Å². The van der Waals surface area contributed by atoms with Crippen molar-refractivity contribution in [2.24, 2.45) is 5.73 Å². The van der Waals surface area contributed by atoms with Gasteiger partial charge in [0, 0.05) is 11.9 Å². The van der Waals surface area contributed by atoms with Gasteiger partial charge in [-0.25, -0.2) is 4.79 Å². The molecule has 0 saturated carbocycles. The third kappa shape index (κ3) is 1.54. The van der Waals surface area contributed by atoms with Gasteiger partial charge in [0.1, 0.15) is 0 Å². The summed E-state index contributed by atoms with van der Waals surface area (Å²) in [5.41, 5.74) is 7.76. The summed E-state index contributed by atoms with van der Waals surface area (Å²) in [6.07, 6.45) is 0. The molecule has 0 aliphatic heterocycles. The molecule has 3 N–H and O–H groups in total. The van der Waals surface area contributed by atoms with Crippen LogP contribution in [0.15, 0.2) is 27.4 Å². The summed E-state index contributed by atoms with van der Waals surface area (Å²) in [6, 6.07) is 5.06. The zero-order valence-corrected chi connectivity index (χ0v) is 8.04. The molecule has 0 spiro atoms. The summed E-state index contributed by atoms with van der Waals surface area (Å²) in [4.78, 5) is 13.4. The first kappa shape index (κ1) is 9.30. The van der Waals surface area contributed by atoms with E-state index < -0.39 is 5.76 Å². The lowest BCUT2D eigenvalue weighted by atomic mass is 10.1. The molecule has 14 heavy (non-hydrogen) atoms. The van der Waals surface area contributed by atoms with Gasteiger partial charge in [0.2, 0.25) is 0 Å².